The molecule has 3 heterocycles. The number of aryl methyl sites for hydroxylation is 1. The summed E-state index contributed by atoms with van der Waals surface area (Å²) in [6.07, 6.45) is 0. The van der Waals surface area contributed by atoms with Crippen LogP contribution in [-0.4, -0.2) is 46.5 Å². The number of aromatic nitrogens is 4. The van der Waals surface area contributed by atoms with Crippen LogP contribution in [0, 0.1) is 6.92 Å². The Morgan fingerprint density at radius 1 is 1.41 bits per heavy atom. The van der Waals surface area contributed by atoms with Crippen LogP contribution in [0.4, 0.5) is 5.13 Å². The van der Waals surface area contributed by atoms with Gasteiger partial charge in [-0.1, -0.05) is 23.1 Å². The third-order valence-electron chi connectivity index (χ3n) is 3.23. The second kappa shape index (κ2) is 6.76. The zero-order valence-electron chi connectivity index (χ0n) is 12.4. The highest BCUT2D eigenvalue weighted by molar-refractivity contribution is 8.01. The van der Waals surface area contributed by atoms with E-state index in [1.807, 2.05) is 13.8 Å². The van der Waals surface area contributed by atoms with E-state index in [1.54, 1.807) is 23.1 Å². The fourth-order valence-corrected chi connectivity index (χ4v) is 4.23. The quantitative estimate of drug-likeness (QED) is 0.847. The largest absolute Gasteiger partial charge is 0.378 e. The maximum atomic E-state index is 11.5. The molecule has 2 aromatic rings. The van der Waals surface area contributed by atoms with Crippen molar-refractivity contribution in [2.24, 2.45) is 0 Å². The Kier molecular flexibility index (Phi) is 4.74. The molecule has 0 aromatic carbocycles. The Morgan fingerprint density at radius 2 is 2.18 bits per heavy atom. The van der Waals surface area contributed by atoms with E-state index in [4.69, 9.17) is 4.74 Å². The number of nitrogens with zero attached hydrogens (tertiary/aromatic N) is 4. The van der Waals surface area contributed by atoms with Crippen molar-refractivity contribution >= 4 is 28.2 Å². The summed E-state index contributed by atoms with van der Waals surface area (Å²) in [5.41, 5.74) is 0.596. The van der Waals surface area contributed by atoms with E-state index < -0.39 is 0 Å². The van der Waals surface area contributed by atoms with Crippen molar-refractivity contribution in [2.45, 2.75) is 23.4 Å². The lowest BCUT2D eigenvalue weighted by Gasteiger charge is -2.25. The molecule has 1 saturated heterocycles. The van der Waals surface area contributed by atoms with Crippen LogP contribution in [0.5, 0.6) is 0 Å². The minimum atomic E-state index is -0.124. The molecule has 1 fully saturated rings. The van der Waals surface area contributed by atoms with Crippen LogP contribution in [0.3, 0.4) is 0 Å². The van der Waals surface area contributed by atoms with Gasteiger partial charge in [0.25, 0.3) is 5.56 Å². The summed E-state index contributed by atoms with van der Waals surface area (Å²) in [6, 6.07) is 1.49. The maximum absolute atomic E-state index is 11.5. The van der Waals surface area contributed by atoms with Crippen LogP contribution in [-0.2, 0) is 4.74 Å². The zero-order chi connectivity index (χ0) is 15.5. The fraction of sp³-hybridized carbons (Fsp3) is 0.538. The predicted molar refractivity (Wildman–Crippen MR) is 86.8 cm³/mol. The van der Waals surface area contributed by atoms with E-state index in [9.17, 15) is 4.79 Å². The number of aromatic amines is 1. The van der Waals surface area contributed by atoms with Crippen LogP contribution in [0.25, 0.3) is 0 Å². The second-order valence-electron chi connectivity index (χ2n) is 4.98. The third-order valence-corrected chi connectivity index (χ3v) is 5.41. The van der Waals surface area contributed by atoms with Gasteiger partial charge in [0.2, 0.25) is 5.13 Å². The molecule has 118 valence electrons. The van der Waals surface area contributed by atoms with Gasteiger partial charge in [0.05, 0.1) is 18.5 Å². The maximum Gasteiger partial charge on any atom is 0.251 e. The summed E-state index contributed by atoms with van der Waals surface area (Å²) in [4.78, 5) is 20.9. The van der Waals surface area contributed by atoms with Gasteiger partial charge in [-0.15, -0.1) is 10.2 Å². The number of ether oxygens (including phenoxy) is 1. The summed E-state index contributed by atoms with van der Waals surface area (Å²) < 4.78 is 6.21. The van der Waals surface area contributed by atoms with Gasteiger partial charge in [-0.05, 0) is 13.8 Å². The summed E-state index contributed by atoms with van der Waals surface area (Å²) in [6.45, 7) is 6.97. The molecular weight excluding hydrogens is 322 g/mol. The number of hydrogen-bond donors (Lipinski definition) is 1. The van der Waals surface area contributed by atoms with Crippen molar-refractivity contribution in [3.05, 3.63) is 27.9 Å². The second-order valence-corrected chi connectivity index (χ2v) is 7.53. The van der Waals surface area contributed by atoms with Crippen molar-refractivity contribution < 1.29 is 4.74 Å². The van der Waals surface area contributed by atoms with Crippen molar-refractivity contribution in [3.8, 4) is 0 Å². The Morgan fingerprint density at radius 3 is 2.91 bits per heavy atom. The van der Waals surface area contributed by atoms with Crippen molar-refractivity contribution in [1.29, 1.82) is 0 Å². The summed E-state index contributed by atoms with van der Waals surface area (Å²) in [5.74, 6) is 0.665. The fourth-order valence-electron chi connectivity index (χ4n) is 2.13. The van der Waals surface area contributed by atoms with E-state index >= 15 is 0 Å². The SMILES string of the molecule is Cc1cc(=O)[nH]c(C(C)Sc2nnc(N3CCOCC3)s2)n1. The molecule has 0 aliphatic carbocycles. The molecule has 0 spiro atoms. The van der Waals surface area contributed by atoms with Gasteiger partial charge in [0, 0.05) is 24.8 Å². The molecule has 22 heavy (non-hydrogen) atoms. The van der Waals surface area contributed by atoms with Gasteiger partial charge >= 0.3 is 0 Å². The van der Waals surface area contributed by atoms with Gasteiger partial charge in [-0.2, -0.15) is 0 Å². The summed E-state index contributed by atoms with van der Waals surface area (Å²) in [5, 5.41) is 9.41. The Bertz CT molecular complexity index is 696. The summed E-state index contributed by atoms with van der Waals surface area (Å²) >= 11 is 3.12. The highest BCUT2D eigenvalue weighted by Gasteiger charge is 2.18. The molecule has 1 aliphatic heterocycles. The van der Waals surface area contributed by atoms with Crippen LogP contribution in [0.1, 0.15) is 23.7 Å². The number of hydrogen-bond acceptors (Lipinski definition) is 8. The number of H-pyrrole nitrogens is 1. The van der Waals surface area contributed by atoms with Gasteiger partial charge in [0.1, 0.15) is 5.82 Å². The number of nitrogens with one attached hydrogen (secondary N) is 1. The first kappa shape index (κ1) is 15.4. The van der Waals surface area contributed by atoms with Crippen molar-refractivity contribution in [2.75, 3.05) is 31.2 Å². The number of rotatable bonds is 4. The molecule has 1 N–H and O–H groups in total. The lowest BCUT2D eigenvalue weighted by molar-refractivity contribution is 0.122. The van der Waals surface area contributed by atoms with E-state index in [0.29, 0.717) is 5.82 Å². The lowest BCUT2D eigenvalue weighted by Crippen LogP contribution is -2.36. The Hall–Kier alpha value is -1.45. The van der Waals surface area contributed by atoms with E-state index in [1.165, 1.54) is 6.07 Å². The highest BCUT2D eigenvalue weighted by Crippen LogP contribution is 2.36. The molecule has 9 heteroatoms. The topological polar surface area (TPSA) is 84.0 Å². The number of thioether (sulfide) groups is 1. The van der Waals surface area contributed by atoms with Gasteiger partial charge in [-0.25, -0.2) is 4.98 Å². The predicted octanol–water partition coefficient (Wildman–Crippen LogP) is 1.62. The minimum absolute atomic E-state index is 0.0121. The average Bonchev–Trinajstić information content (AvgIpc) is 2.95. The first-order chi connectivity index (χ1) is 10.6. The first-order valence-electron chi connectivity index (χ1n) is 7.02. The van der Waals surface area contributed by atoms with Crippen LogP contribution in [0.2, 0.25) is 0 Å². The molecule has 1 aliphatic rings. The average molecular weight is 339 g/mol. The molecule has 1 unspecified atom stereocenters. The molecule has 0 saturated carbocycles. The molecule has 0 amide bonds. The molecule has 2 aromatic heterocycles. The third kappa shape index (κ3) is 3.65. The first-order valence-corrected chi connectivity index (χ1v) is 8.72. The molecular formula is C13H17N5O2S2. The van der Waals surface area contributed by atoms with Gasteiger partial charge in [0.15, 0.2) is 4.34 Å². The van der Waals surface area contributed by atoms with Gasteiger partial charge < -0.3 is 14.6 Å². The minimum Gasteiger partial charge on any atom is -0.378 e. The van der Waals surface area contributed by atoms with Crippen molar-refractivity contribution in [3.63, 3.8) is 0 Å². The van der Waals surface area contributed by atoms with Crippen LogP contribution in [0.15, 0.2) is 15.2 Å². The molecule has 7 nitrogen and oxygen atoms in total. The lowest BCUT2D eigenvalue weighted by atomic mass is 10.4. The molecule has 1 atom stereocenters. The number of anilines is 1. The van der Waals surface area contributed by atoms with Gasteiger partial charge in [-0.3, -0.25) is 4.79 Å². The molecule has 0 radical (unpaired) electrons. The monoisotopic (exact) mass is 339 g/mol. The number of morpholine rings is 1. The van der Waals surface area contributed by atoms with E-state index in [0.717, 1.165) is 41.5 Å². The smallest absolute Gasteiger partial charge is 0.251 e. The van der Waals surface area contributed by atoms with E-state index in [-0.39, 0.29) is 10.8 Å². The van der Waals surface area contributed by atoms with E-state index in [2.05, 4.69) is 25.1 Å². The molecule has 3 rings (SSSR count). The molecule has 0 bridgehead atoms. The Labute approximate surface area is 136 Å². The standard InChI is InChI=1S/C13H17N5O2S2/c1-8-7-10(19)15-11(14-8)9(2)21-13-17-16-12(22-13)18-3-5-20-6-4-18/h7,9H,3-6H2,1-2H3,(H,14,15,19). The summed E-state index contributed by atoms with van der Waals surface area (Å²) in [7, 11) is 0. The Balaban J connectivity index is 1.70. The highest BCUT2D eigenvalue weighted by atomic mass is 32.2. The zero-order valence-corrected chi connectivity index (χ0v) is 14.0. The van der Waals surface area contributed by atoms with Crippen molar-refractivity contribution in [1.82, 2.24) is 20.2 Å². The normalized spacial score (nSPS) is 16.7. The van der Waals surface area contributed by atoms with Crippen LogP contribution >= 0.6 is 23.1 Å². The van der Waals surface area contributed by atoms with Crippen LogP contribution < -0.4 is 10.5 Å².